The van der Waals surface area contributed by atoms with E-state index in [1.54, 1.807) is 0 Å². The molecular weight excluding hydrogens is 361 g/mol. The third-order valence-corrected chi connectivity index (χ3v) is 3.42. The van der Waals surface area contributed by atoms with Crippen LogP contribution in [0.3, 0.4) is 0 Å². The van der Waals surface area contributed by atoms with Crippen molar-refractivity contribution >= 4 is 46.6 Å². The Balaban J connectivity index is 3.19. The van der Waals surface area contributed by atoms with Crippen LogP contribution in [0.1, 0.15) is 10.4 Å². The lowest BCUT2D eigenvalue weighted by Gasteiger charge is -2.34. The second-order valence-corrected chi connectivity index (χ2v) is 6.83. The van der Waals surface area contributed by atoms with Gasteiger partial charge in [0, 0.05) is 31.0 Å². The summed E-state index contributed by atoms with van der Waals surface area (Å²) in [6.45, 7) is 7.29. The van der Waals surface area contributed by atoms with Crippen LogP contribution in [0.15, 0.2) is 49.8 Å². The minimum Gasteiger partial charge on any atom is -0.351 e. The Morgan fingerprint density at radius 1 is 1.26 bits per heavy atom. The second-order valence-electron chi connectivity index (χ2n) is 4.46. The van der Waals surface area contributed by atoms with Crippen LogP contribution >= 0.6 is 34.8 Å². The van der Waals surface area contributed by atoms with Crippen molar-refractivity contribution in [2.75, 3.05) is 13.1 Å². The second kappa shape index (κ2) is 8.91. The van der Waals surface area contributed by atoms with Crippen LogP contribution in [-0.2, 0) is 4.79 Å². The maximum atomic E-state index is 12.7. The molecule has 1 atom stereocenters. The molecule has 8 heteroatoms. The van der Waals surface area contributed by atoms with E-state index in [1.807, 2.05) is 0 Å². The SMILES string of the molecule is C=CCNC(=O)C(N(CC=C)C(=O)c1ccncc1)C(Cl)(Cl)Cl. The number of carbonyl (C=O) groups excluding carboxylic acids is 2. The zero-order chi connectivity index (χ0) is 17.5. The summed E-state index contributed by atoms with van der Waals surface area (Å²) in [6, 6.07) is 1.69. The van der Waals surface area contributed by atoms with Crippen molar-refractivity contribution in [1.29, 1.82) is 0 Å². The maximum absolute atomic E-state index is 12.7. The first-order valence-corrected chi connectivity index (χ1v) is 7.73. The van der Waals surface area contributed by atoms with Gasteiger partial charge in [-0.2, -0.15) is 0 Å². The van der Waals surface area contributed by atoms with Crippen LogP contribution in [0.4, 0.5) is 0 Å². The molecule has 0 aliphatic heterocycles. The van der Waals surface area contributed by atoms with Gasteiger partial charge < -0.3 is 10.2 Å². The van der Waals surface area contributed by atoms with Crippen molar-refractivity contribution in [2.45, 2.75) is 9.83 Å². The topological polar surface area (TPSA) is 62.3 Å². The van der Waals surface area contributed by atoms with E-state index in [1.165, 1.54) is 36.7 Å². The van der Waals surface area contributed by atoms with Crippen LogP contribution in [-0.4, -0.2) is 44.6 Å². The van der Waals surface area contributed by atoms with Crippen LogP contribution < -0.4 is 5.32 Å². The number of rotatable bonds is 7. The molecule has 1 aromatic heterocycles. The number of halogens is 3. The molecule has 1 unspecified atom stereocenters. The van der Waals surface area contributed by atoms with Crippen LogP contribution in [0.5, 0.6) is 0 Å². The molecule has 1 aromatic rings. The maximum Gasteiger partial charge on any atom is 0.255 e. The van der Waals surface area contributed by atoms with Gasteiger partial charge in [0.15, 0.2) is 6.04 Å². The van der Waals surface area contributed by atoms with Crippen molar-refractivity contribution in [2.24, 2.45) is 0 Å². The molecule has 1 rings (SSSR count). The van der Waals surface area contributed by atoms with Crippen molar-refractivity contribution in [3.63, 3.8) is 0 Å². The van der Waals surface area contributed by atoms with Gasteiger partial charge in [-0.15, -0.1) is 13.2 Å². The van der Waals surface area contributed by atoms with E-state index in [4.69, 9.17) is 34.8 Å². The van der Waals surface area contributed by atoms with E-state index < -0.39 is 21.6 Å². The number of hydrogen-bond donors (Lipinski definition) is 1. The Bertz CT molecular complexity index is 573. The van der Waals surface area contributed by atoms with E-state index in [0.29, 0.717) is 5.56 Å². The molecule has 0 fully saturated rings. The Hall–Kier alpha value is -1.56. The lowest BCUT2D eigenvalue weighted by atomic mass is 10.1. The minimum atomic E-state index is -2.02. The first-order valence-electron chi connectivity index (χ1n) is 6.60. The number of aromatic nitrogens is 1. The Labute approximate surface area is 149 Å². The molecule has 0 radical (unpaired) electrons. The molecule has 1 N–H and O–H groups in total. The zero-order valence-corrected chi connectivity index (χ0v) is 14.5. The summed E-state index contributed by atoms with van der Waals surface area (Å²) in [5.41, 5.74) is 0.317. The highest BCUT2D eigenvalue weighted by molar-refractivity contribution is 6.69. The number of amides is 2. The van der Waals surface area contributed by atoms with Crippen LogP contribution in [0.25, 0.3) is 0 Å². The smallest absolute Gasteiger partial charge is 0.255 e. The Kier molecular flexibility index (Phi) is 7.55. The van der Waals surface area contributed by atoms with Gasteiger partial charge in [0.1, 0.15) is 0 Å². The van der Waals surface area contributed by atoms with Gasteiger partial charge in [0.25, 0.3) is 5.91 Å². The summed E-state index contributed by atoms with van der Waals surface area (Å²) in [7, 11) is 0. The zero-order valence-electron chi connectivity index (χ0n) is 12.2. The van der Waals surface area contributed by atoms with Crippen molar-refractivity contribution in [1.82, 2.24) is 15.2 Å². The lowest BCUT2D eigenvalue weighted by Crippen LogP contribution is -2.56. The molecule has 0 saturated heterocycles. The first kappa shape index (κ1) is 19.5. The highest BCUT2D eigenvalue weighted by atomic mass is 35.6. The fourth-order valence-corrected chi connectivity index (χ4v) is 2.49. The molecule has 0 aliphatic carbocycles. The molecule has 0 bridgehead atoms. The fourth-order valence-electron chi connectivity index (χ4n) is 1.84. The van der Waals surface area contributed by atoms with Crippen molar-refractivity contribution in [3.05, 3.63) is 55.4 Å². The molecule has 2 amide bonds. The van der Waals surface area contributed by atoms with E-state index in [2.05, 4.69) is 23.5 Å². The van der Waals surface area contributed by atoms with E-state index in [-0.39, 0.29) is 13.1 Å². The fraction of sp³-hybridized carbons (Fsp3) is 0.267. The molecule has 124 valence electrons. The number of hydrogen-bond acceptors (Lipinski definition) is 3. The van der Waals surface area contributed by atoms with E-state index in [9.17, 15) is 9.59 Å². The summed E-state index contributed by atoms with van der Waals surface area (Å²) in [4.78, 5) is 30.0. The molecule has 5 nitrogen and oxygen atoms in total. The third-order valence-electron chi connectivity index (χ3n) is 2.80. The summed E-state index contributed by atoms with van der Waals surface area (Å²) >= 11 is 17.8. The monoisotopic (exact) mass is 375 g/mol. The van der Waals surface area contributed by atoms with Crippen LogP contribution in [0, 0.1) is 0 Å². The normalized spacial score (nSPS) is 12.1. The molecule has 1 heterocycles. The Morgan fingerprint density at radius 3 is 2.35 bits per heavy atom. The highest BCUT2D eigenvalue weighted by Gasteiger charge is 2.44. The third kappa shape index (κ3) is 5.53. The molecule has 0 aromatic carbocycles. The number of nitrogens with zero attached hydrogens (tertiary/aromatic N) is 2. The van der Waals surface area contributed by atoms with Crippen molar-refractivity contribution < 1.29 is 9.59 Å². The predicted molar refractivity (Wildman–Crippen MR) is 92.8 cm³/mol. The quantitative estimate of drug-likeness (QED) is 0.588. The van der Waals surface area contributed by atoms with Crippen molar-refractivity contribution in [3.8, 4) is 0 Å². The summed E-state index contributed by atoms with van der Waals surface area (Å²) in [5.74, 6) is -1.08. The highest BCUT2D eigenvalue weighted by Crippen LogP contribution is 2.34. The lowest BCUT2D eigenvalue weighted by molar-refractivity contribution is -0.125. The molecule has 0 saturated carbocycles. The number of alkyl halides is 3. The first-order chi connectivity index (χ1) is 10.8. The van der Waals surface area contributed by atoms with Gasteiger partial charge in [-0.25, -0.2) is 0 Å². The van der Waals surface area contributed by atoms with Gasteiger partial charge in [-0.05, 0) is 12.1 Å². The molecule has 23 heavy (non-hydrogen) atoms. The largest absolute Gasteiger partial charge is 0.351 e. The van der Waals surface area contributed by atoms with Gasteiger partial charge in [-0.1, -0.05) is 47.0 Å². The molecular formula is C15H16Cl3N3O2. The average molecular weight is 377 g/mol. The predicted octanol–water partition coefficient (Wildman–Crippen LogP) is 2.75. The number of nitrogens with one attached hydrogen (secondary N) is 1. The van der Waals surface area contributed by atoms with Gasteiger partial charge in [0.05, 0.1) is 0 Å². The molecule has 0 spiro atoms. The van der Waals surface area contributed by atoms with Crippen LogP contribution in [0.2, 0.25) is 0 Å². The standard InChI is InChI=1S/C15H16Cl3N3O2/c1-3-7-20-13(22)12(15(16,17)18)21(10-4-2)14(23)11-5-8-19-9-6-11/h3-6,8-9,12H,1-2,7,10H2,(H,20,22). The molecule has 0 aliphatic rings. The minimum absolute atomic E-state index is 0.0290. The Morgan fingerprint density at radius 2 is 1.87 bits per heavy atom. The van der Waals surface area contributed by atoms with Gasteiger partial charge in [0.2, 0.25) is 9.70 Å². The summed E-state index contributed by atoms with van der Waals surface area (Å²) < 4.78 is -2.02. The van der Waals surface area contributed by atoms with E-state index in [0.717, 1.165) is 4.90 Å². The van der Waals surface area contributed by atoms with E-state index >= 15 is 0 Å². The average Bonchev–Trinajstić information content (AvgIpc) is 2.51. The summed E-state index contributed by atoms with van der Waals surface area (Å²) in [6.07, 6.45) is 5.85. The number of pyridine rings is 1. The number of carbonyl (C=O) groups is 2. The van der Waals surface area contributed by atoms with Gasteiger partial charge in [-0.3, -0.25) is 14.6 Å². The summed E-state index contributed by atoms with van der Waals surface area (Å²) in [5, 5.41) is 2.53. The van der Waals surface area contributed by atoms with Gasteiger partial charge >= 0.3 is 0 Å².